The SMILES string of the molecule is CCCOc1ccc(-c2nc3sc(=Cc4cn(-c5ccccc5)nc4-c4ccc(OCC)cc4)c(=O)n3n2)cc1. The summed E-state index contributed by atoms with van der Waals surface area (Å²) in [4.78, 5) is 18.5. The summed E-state index contributed by atoms with van der Waals surface area (Å²) in [6, 6.07) is 25.3. The summed E-state index contributed by atoms with van der Waals surface area (Å²) in [6.45, 7) is 5.29. The fourth-order valence-electron chi connectivity index (χ4n) is 4.32. The molecule has 3 heterocycles. The predicted molar refractivity (Wildman–Crippen MR) is 157 cm³/mol. The lowest BCUT2D eigenvalue weighted by Crippen LogP contribution is -2.23. The molecule has 0 fully saturated rings. The van der Waals surface area contributed by atoms with Gasteiger partial charge in [-0.15, -0.1) is 5.10 Å². The first-order valence-electron chi connectivity index (χ1n) is 13.2. The second kappa shape index (κ2) is 11.2. The van der Waals surface area contributed by atoms with Crippen molar-refractivity contribution in [2.75, 3.05) is 13.2 Å². The third kappa shape index (κ3) is 5.11. The van der Waals surface area contributed by atoms with Gasteiger partial charge in [0.05, 0.1) is 23.4 Å². The van der Waals surface area contributed by atoms with Gasteiger partial charge < -0.3 is 9.47 Å². The van der Waals surface area contributed by atoms with Crippen LogP contribution in [0.5, 0.6) is 11.5 Å². The van der Waals surface area contributed by atoms with E-state index in [0.29, 0.717) is 28.5 Å². The van der Waals surface area contributed by atoms with Gasteiger partial charge in [-0.3, -0.25) is 4.79 Å². The molecule has 0 aliphatic heterocycles. The molecule has 3 aromatic carbocycles. The Balaban J connectivity index is 1.39. The summed E-state index contributed by atoms with van der Waals surface area (Å²) in [7, 11) is 0. The standard InChI is InChI=1S/C31H27N5O3S/c1-3-18-39-26-16-12-22(13-17-26)29-32-31-36(34-29)30(37)27(40-31)19-23-20-35(24-8-6-5-7-9-24)33-28(23)21-10-14-25(15-11-21)38-4-2/h5-17,19-20H,3-4,18H2,1-2H3. The van der Waals surface area contributed by atoms with Crippen LogP contribution in [0.25, 0.3) is 39.4 Å². The number of para-hydroxylation sites is 1. The topological polar surface area (TPSA) is 83.5 Å². The molecule has 6 rings (SSSR count). The minimum atomic E-state index is -0.216. The third-order valence-corrected chi connectivity index (χ3v) is 7.22. The Morgan fingerprint density at radius 1 is 0.850 bits per heavy atom. The van der Waals surface area contributed by atoms with Crippen LogP contribution in [0.15, 0.2) is 89.9 Å². The maximum absolute atomic E-state index is 13.4. The Morgan fingerprint density at radius 3 is 2.23 bits per heavy atom. The van der Waals surface area contributed by atoms with E-state index in [0.717, 1.165) is 46.0 Å². The molecule has 0 spiro atoms. The lowest BCUT2D eigenvalue weighted by Gasteiger charge is -2.04. The Morgan fingerprint density at radius 2 is 1.55 bits per heavy atom. The van der Waals surface area contributed by atoms with Crippen molar-refractivity contribution < 1.29 is 9.47 Å². The Kier molecular flexibility index (Phi) is 7.11. The average Bonchev–Trinajstić information content (AvgIpc) is 3.68. The average molecular weight is 550 g/mol. The first-order valence-corrected chi connectivity index (χ1v) is 14.0. The number of hydrogen-bond acceptors (Lipinski definition) is 7. The number of hydrogen-bond donors (Lipinski definition) is 0. The monoisotopic (exact) mass is 549 g/mol. The van der Waals surface area contributed by atoms with E-state index in [1.807, 2.05) is 103 Å². The zero-order valence-electron chi connectivity index (χ0n) is 22.2. The van der Waals surface area contributed by atoms with E-state index < -0.39 is 0 Å². The summed E-state index contributed by atoms with van der Waals surface area (Å²) in [5.74, 6) is 2.10. The highest BCUT2D eigenvalue weighted by atomic mass is 32.1. The maximum Gasteiger partial charge on any atom is 0.291 e. The van der Waals surface area contributed by atoms with E-state index in [-0.39, 0.29) is 5.56 Å². The Hall–Kier alpha value is -4.76. The molecular weight excluding hydrogens is 522 g/mol. The van der Waals surface area contributed by atoms with Crippen molar-refractivity contribution in [1.82, 2.24) is 24.4 Å². The lowest BCUT2D eigenvalue weighted by atomic mass is 10.1. The van der Waals surface area contributed by atoms with Crippen LogP contribution in [-0.2, 0) is 0 Å². The van der Waals surface area contributed by atoms with Crippen LogP contribution in [0.2, 0.25) is 0 Å². The van der Waals surface area contributed by atoms with Crippen molar-refractivity contribution in [3.8, 4) is 39.8 Å². The van der Waals surface area contributed by atoms with Crippen molar-refractivity contribution in [2.45, 2.75) is 20.3 Å². The Labute approximate surface area is 234 Å². The number of nitrogens with zero attached hydrogens (tertiary/aromatic N) is 5. The van der Waals surface area contributed by atoms with Crippen molar-refractivity contribution >= 4 is 22.4 Å². The summed E-state index contributed by atoms with van der Waals surface area (Å²) in [6.07, 6.45) is 4.74. The third-order valence-electron chi connectivity index (χ3n) is 6.26. The molecule has 200 valence electrons. The van der Waals surface area contributed by atoms with E-state index in [9.17, 15) is 4.79 Å². The molecule has 0 radical (unpaired) electrons. The molecule has 6 aromatic rings. The van der Waals surface area contributed by atoms with Gasteiger partial charge in [-0.1, -0.05) is 36.5 Å². The smallest absolute Gasteiger partial charge is 0.291 e. The van der Waals surface area contributed by atoms with Crippen LogP contribution in [0.3, 0.4) is 0 Å². The van der Waals surface area contributed by atoms with Gasteiger partial charge in [0.15, 0.2) is 5.82 Å². The number of rotatable bonds is 9. The highest BCUT2D eigenvalue weighted by molar-refractivity contribution is 7.15. The number of ether oxygens (including phenoxy) is 2. The van der Waals surface area contributed by atoms with Crippen molar-refractivity contribution in [3.05, 3.63) is 106 Å². The van der Waals surface area contributed by atoms with Crippen LogP contribution in [0.1, 0.15) is 25.8 Å². The fourth-order valence-corrected chi connectivity index (χ4v) is 5.22. The van der Waals surface area contributed by atoms with Crippen LogP contribution in [-0.4, -0.2) is 37.6 Å². The molecular formula is C31H27N5O3S. The van der Waals surface area contributed by atoms with E-state index in [1.54, 1.807) is 0 Å². The molecule has 0 saturated carbocycles. The summed E-state index contributed by atoms with van der Waals surface area (Å²) in [5, 5.41) is 9.38. The molecule has 0 aliphatic carbocycles. The molecule has 0 atom stereocenters. The van der Waals surface area contributed by atoms with Crippen molar-refractivity contribution in [2.24, 2.45) is 0 Å². The number of thiazole rings is 1. The maximum atomic E-state index is 13.4. The second-order valence-corrected chi connectivity index (χ2v) is 10.1. The first kappa shape index (κ1) is 25.5. The van der Waals surface area contributed by atoms with E-state index >= 15 is 0 Å². The Bertz CT molecular complexity index is 1860. The highest BCUT2D eigenvalue weighted by Crippen LogP contribution is 2.27. The zero-order valence-corrected chi connectivity index (χ0v) is 23.0. The van der Waals surface area contributed by atoms with Crippen LogP contribution >= 0.6 is 11.3 Å². The van der Waals surface area contributed by atoms with Gasteiger partial charge >= 0.3 is 0 Å². The van der Waals surface area contributed by atoms with Gasteiger partial charge in [-0.25, -0.2) is 4.68 Å². The van der Waals surface area contributed by atoms with E-state index in [2.05, 4.69) is 17.0 Å². The molecule has 0 aliphatic rings. The number of fused-ring (bicyclic) bond motifs is 1. The molecule has 0 N–H and O–H groups in total. The van der Waals surface area contributed by atoms with Gasteiger partial charge in [0, 0.05) is 22.9 Å². The predicted octanol–water partition coefficient (Wildman–Crippen LogP) is 5.41. The van der Waals surface area contributed by atoms with Crippen molar-refractivity contribution in [1.29, 1.82) is 0 Å². The minimum absolute atomic E-state index is 0.216. The van der Waals surface area contributed by atoms with Gasteiger partial charge in [0.2, 0.25) is 4.96 Å². The van der Waals surface area contributed by atoms with Gasteiger partial charge in [0.1, 0.15) is 17.2 Å². The normalized spacial score (nSPS) is 11.8. The molecule has 8 nitrogen and oxygen atoms in total. The fraction of sp³-hybridized carbons (Fsp3) is 0.161. The molecule has 3 aromatic heterocycles. The molecule has 0 amide bonds. The molecule has 0 saturated heterocycles. The molecule has 40 heavy (non-hydrogen) atoms. The quantitative estimate of drug-likeness (QED) is 0.240. The summed E-state index contributed by atoms with van der Waals surface area (Å²) >= 11 is 1.31. The largest absolute Gasteiger partial charge is 0.494 e. The summed E-state index contributed by atoms with van der Waals surface area (Å²) < 4.78 is 15.0. The molecule has 0 bridgehead atoms. The second-order valence-electron chi connectivity index (χ2n) is 9.09. The van der Waals surface area contributed by atoms with Gasteiger partial charge in [0.25, 0.3) is 5.56 Å². The highest BCUT2D eigenvalue weighted by Gasteiger charge is 2.15. The van der Waals surface area contributed by atoms with Crippen LogP contribution < -0.4 is 19.6 Å². The zero-order chi connectivity index (χ0) is 27.5. The van der Waals surface area contributed by atoms with Gasteiger partial charge in [-0.05, 0) is 80.1 Å². The van der Waals surface area contributed by atoms with E-state index in [4.69, 9.17) is 14.6 Å². The van der Waals surface area contributed by atoms with Crippen LogP contribution in [0, 0.1) is 0 Å². The summed E-state index contributed by atoms with van der Waals surface area (Å²) in [5.41, 5.74) is 4.03. The van der Waals surface area contributed by atoms with Crippen molar-refractivity contribution in [3.63, 3.8) is 0 Å². The number of aromatic nitrogens is 5. The lowest BCUT2D eigenvalue weighted by molar-refractivity contribution is 0.317. The van der Waals surface area contributed by atoms with E-state index in [1.165, 1.54) is 15.9 Å². The number of benzene rings is 3. The van der Waals surface area contributed by atoms with Crippen LogP contribution in [0.4, 0.5) is 0 Å². The molecule has 0 unspecified atom stereocenters. The van der Waals surface area contributed by atoms with Gasteiger partial charge in [-0.2, -0.15) is 14.6 Å². The molecule has 9 heteroatoms. The first-order chi connectivity index (χ1) is 19.6. The minimum Gasteiger partial charge on any atom is -0.494 e.